The SMILES string of the molecule is CCc1cccc(CC)c1NC(=O)CSCc1cc(=O)[nH][nH]1. The van der Waals surface area contributed by atoms with Crippen LogP contribution in [-0.2, 0) is 23.4 Å². The summed E-state index contributed by atoms with van der Waals surface area (Å²) in [5.74, 6) is 0.940. The summed E-state index contributed by atoms with van der Waals surface area (Å²) < 4.78 is 0. The quantitative estimate of drug-likeness (QED) is 0.734. The highest BCUT2D eigenvalue weighted by Crippen LogP contribution is 2.23. The van der Waals surface area contributed by atoms with Gasteiger partial charge in [-0.25, -0.2) is 0 Å². The van der Waals surface area contributed by atoms with Crippen LogP contribution in [0.3, 0.4) is 0 Å². The Hall–Kier alpha value is -1.95. The molecule has 0 fully saturated rings. The van der Waals surface area contributed by atoms with E-state index in [4.69, 9.17) is 0 Å². The van der Waals surface area contributed by atoms with Crippen LogP contribution in [0.25, 0.3) is 0 Å². The molecule has 118 valence electrons. The van der Waals surface area contributed by atoms with Crippen molar-refractivity contribution in [3.63, 3.8) is 0 Å². The van der Waals surface area contributed by atoms with E-state index in [0.29, 0.717) is 11.5 Å². The smallest absolute Gasteiger partial charge is 0.264 e. The largest absolute Gasteiger partial charge is 0.325 e. The molecule has 0 radical (unpaired) electrons. The van der Waals surface area contributed by atoms with Crippen LogP contribution in [0.15, 0.2) is 29.1 Å². The maximum absolute atomic E-state index is 12.1. The first-order valence-electron chi connectivity index (χ1n) is 7.39. The Balaban J connectivity index is 1.93. The van der Waals surface area contributed by atoms with Crippen LogP contribution in [-0.4, -0.2) is 21.9 Å². The van der Waals surface area contributed by atoms with Crippen LogP contribution in [0.5, 0.6) is 0 Å². The van der Waals surface area contributed by atoms with Crippen LogP contribution in [0.2, 0.25) is 0 Å². The lowest BCUT2D eigenvalue weighted by atomic mass is 10.0. The molecule has 0 spiro atoms. The van der Waals surface area contributed by atoms with Crippen LogP contribution in [0.1, 0.15) is 30.7 Å². The van der Waals surface area contributed by atoms with Gasteiger partial charge in [0, 0.05) is 23.2 Å². The fourth-order valence-electron chi connectivity index (χ4n) is 2.28. The minimum Gasteiger partial charge on any atom is -0.325 e. The van der Waals surface area contributed by atoms with Gasteiger partial charge in [-0.15, -0.1) is 11.8 Å². The monoisotopic (exact) mass is 319 g/mol. The summed E-state index contributed by atoms with van der Waals surface area (Å²) in [5.41, 5.74) is 3.92. The first kappa shape index (κ1) is 16.4. The van der Waals surface area contributed by atoms with Crippen molar-refractivity contribution >= 4 is 23.4 Å². The van der Waals surface area contributed by atoms with Gasteiger partial charge in [0.05, 0.1) is 5.75 Å². The van der Waals surface area contributed by atoms with Crippen LogP contribution in [0.4, 0.5) is 5.69 Å². The number of nitrogens with one attached hydrogen (secondary N) is 3. The number of amides is 1. The summed E-state index contributed by atoms with van der Waals surface area (Å²) in [6.07, 6.45) is 1.78. The van der Waals surface area contributed by atoms with Crippen molar-refractivity contribution in [2.24, 2.45) is 0 Å². The van der Waals surface area contributed by atoms with Gasteiger partial charge in [-0.3, -0.25) is 14.7 Å². The lowest BCUT2D eigenvalue weighted by molar-refractivity contribution is -0.113. The predicted octanol–water partition coefficient (Wildman–Crippen LogP) is 2.70. The molecule has 1 aromatic carbocycles. The number of H-pyrrole nitrogens is 2. The number of anilines is 1. The highest BCUT2D eigenvalue weighted by molar-refractivity contribution is 7.99. The second-order valence-electron chi connectivity index (χ2n) is 4.98. The Morgan fingerprint density at radius 3 is 2.41 bits per heavy atom. The van der Waals surface area contributed by atoms with Crippen molar-refractivity contribution in [3.05, 3.63) is 51.4 Å². The molecule has 0 saturated carbocycles. The first-order valence-corrected chi connectivity index (χ1v) is 8.54. The molecule has 0 bridgehead atoms. The van der Waals surface area contributed by atoms with Crippen molar-refractivity contribution < 1.29 is 4.79 Å². The lowest BCUT2D eigenvalue weighted by Crippen LogP contribution is -2.16. The average molecular weight is 319 g/mol. The van der Waals surface area contributed by atoms with Gasteiger partial charge in [0.25, 0.3) is 5.56 Å². The summed E-state index contributed by atoms with van der Waals surface area (Å²) in [5, 5.41) is 8.29. The molecule has 0 saturated heterocycles. The Kier molecular flexibility index (Phi) is 5.89. The summed E-state index contributed by atoms with van der Waals surface area (Å²) >= 11 is 1.47. The Morgan fingerprint density at radius 2 is 1.86 bits per heavy atom. The topological polar surface area (TPSA) is 77.8 Å². The molecular weight excluding hydrogens is 298 g/mol. The fraction of sp³-hybridized carbons (Fsp3) is 0.375. The molecule has 0 aliphatic heterocycles. The molecule has 1 amide bonds. The second kappa shape index (κ2) is 7.89. The van der Waals surface area contributed by atoms with Gasteiger partial charge in [0.1, 0.15) is 0 Å². The van der Waals surface area contributed by atoms with E-state index in [1.807, 2.05) is 18.2 Å². The summed E-state index contributed by atoms with van der Waals surface area (Å²) in [6, 6.07) is 7.63. The fourth-order valence-corrected chi connectivity index (χ4v) is 3.02. The molecule has 1 heterocycles. The normalized spacial score (nSPS) is 10.6. The highest BCUT2D eigenvalue weighted by Gasteiger charge is 2.10. The third-order valence-electron chi connectivity index (χ3n) is 3.41. The Labute approximate surface area is 133 Å². The molecule has 0 unspecified atom stereocenters. The number of aryl methyl sites for hydroxylation is 2. The molecule has 0 atom stereocenters. The molecule has 0 aliphatic carbocycles. The molecule has 6 heteroatoms. The number of aromatic nitrogens is 2. The minimum absolute atomic E-state index is 0.0153. The zero-order valence-electron chi connectivity index (χ0n) is 12.9. The van der Waals surface area contributed by atoms with Crippen LogP contribution in [0, 0.1) is 0 Å². The van der Waals surface area contributed by atoms with Crippen molar-refractivity contribution in [2.75, 3.05) is 11.1 Å². The Morgan fingerprint density at radius 1 is 1.18 bits per heavy atom. The molecule has 5 nitrogen and oxygen atoms in total. The van der Waals surface area contributed by atoms with E-state index in [-0.39, 0.29) is 11.5 Å². The molecule has 0 aliphatic rings. The number of hydrogen-bond acceptors (Lipinski definition) is 3. The average Bonchev–Trinajstić information content (AvgIpc) is 2.93. The van der Waals surface area contributed by atoms with Gasteiger partial charge >= 0.3 is 0 Å². The van der Waals surface area contributed by atoms with E-state index < -0.39 is 0 Å². The van der Waals surface area contributed by atoms with Gasteiger partial charge in [-0.1, -0.05) is 32.0 Å². The summed E-state index contributed by atoms with van der Waals surface area (Å²) in [6.45, 7) is 4.17. The van der Waals surface area contributed by atoms with Gasteiger partial charge in [-0.2, -0.15) is 0 Å². The van der Waals surface area contributed by atoms with Crippen LogP contribution >= 0.6 is 11.8 Å². The van der Waals surface area contributed by atoms with Gasteiger partial charge in [0.2, 0.25) is 5.91 Å². The van der Waals surface area contributed by atoms with E-state index in [2.05, 4.69) is 29.4 Å². The van der Waals surface area contributed by atoms with Gasteiger partial charge in [0.15, 0.2) is 0 Å². The lowest BCUT2D eigenvalue weighted by Gasteiger charge is -2.14. The number of carbonyl (C=O) groups excluding carboxylic acids is 1. The molecule has 2 rings (SSSR count). The minimum atomic E-state index is -0.149. The van der Waals surface area contributed by atoms with E-state index in [1.165, 1.54) is 17.8 Å². The number of thioether (sulfide) groups is 1. The number of hydrogen-bond donors (Lipinski definition) is 3. The van der Waals surface area contributed by atoms with E-state index in [0.717, 1.165) is 35.3 Å². The standard InChI is InChI=1S/C16H21N3O2S/c1-3-11-6-5-7-12(4-2)16(11)17-15(21)10-22-9-13-8-14(20)19-18-13/h5-8H,3-4,9-10H2,1-2H3,(H,17,21)(H2,18,19,20). The number of benzene rings is 1. The van der Waals surface area contributed by atoms with Crippen molar-refractivity contribution in [2.45, 2.75) is 32.4 Å². The number of rotatable bonds is 7. The number of carbonyl (C=O) groups is 1. The van der Waals surface area contributed by atoms with Crippen molar-refractivity contribution in [3.8, 4) is 0 Å². The zero-order chi connectivity index (χ0) is 15.9. The van der Waals surface area contributed by atoms with Crippen molar-refractivity contribution in [1.82, 2.24) is 10.2 Å². The van der Waals surface area contributed by atoms with Crippen LogP contribution < -0.4 is 10.9 Å². The summed E-state index contributed by atoms with van der Waals surface area (Å²) in [4.78, 5) is 23.1. The third-order valence-corrected chi connectivity index (χ3v) is 4.39. The maximum Gasteiger partial charge on any atom is 0.264 e. The summed E-state index contributed by atoms with van der Waals surface area (Å²) in [7, 11) is 0. The molecule has 1 aromatic heterocycles. The Bertz CT molecular complexity index is 668. The third kappa shape index (κ3) is 4.27. The second-order valence-corrected chi connectivity index (χ2v) is 5.97. The van der Waals surface area contributed by atoms with E-state index in [9.17, 15) is 9.59 Å². The number of aromatic amines is 2. The predicted molar refractivity (Wildman–Crippen MR) is 91.4 cm³/mol. The molecular formula is C16H21N3O2S. The molecule has 2 aromatic rings. The van der Waals surface area contributed by atoms with Gasteiger partial charge < -0.3 is 10.4 Å². The molecule has 22 heavy (non-hydrogen) atoms. The molecule has 3 N–H and O–H groups in total. The number of para-hydroxylation sites is 1. The van der Waals surface area contributed by atoms with Gasteiger partial charge in [-0.05, 0) is 24.0 Å². The zero-order valence-corrected chi connectivity index (χ0v) is 13.7. The first-order chi connectivity index (χ1) is 10.6. The van der Waals surface area contributed by atoms with E-state index in [1.54, 1.807) is 0 Å². The van der Waals surface area contributed by atoms with E-state index >= 15 is 0 Å². The van der Waals surface area contributed by atoms with Crippen molar-refractivity contribution in [1.29, 1.82) is 0 Å². The maximum atomic E-state index is 12.1. The highest BCUT2D eigenvalue weighted by atomic mass is 32.2.